The smallest absolute Gasteiger partial charge is 0.295 e. The van der Waals surface area contributed by atoms with Crippen LogP contribution in [0.15, 0.2) is 54.1 Å². The predicted octanol–water partition coefficient (Wildman–Crippen LogP) is 3.30. The van der Waals surface area contributed by atoms with Gasteiger partial charge in [-0.15, -0.1) is 0 Å². The molecule has 4 rings (SSSR count). The number of ketones is 1. The Kier molecular flexibility index (Phi) is 5.95. The highest BCUT2D eigenvalue weighted by atomic mass is 16.5. The summed E-state index contributed by atoms with van der Waals surface area (Å²) in [6.45, 7) is 0.924. The van der Waals surface area contributed by atoms with Crippen molar-refractivity contribution in [2.75, 3.05) is 27.4 Å². The summed E-state index contributed by atoms with van der Waals surface area (Å²) in [6.07, 6.45) is 1.61. The van der Waals surface area contributed by atoms with Crippen molar-refractivity contribution in [1.82, 2.24) is 4.90 Å². The van der Waals surface area contributed by atoms with E-state index in [9.17, 15) is 14.7 Å². The second kappa shape index (κ2) is 8.81. The molecule has 0 aromatic heterocycles. The lowest BCUT2D eigenvalue weighted by Crippen LogP contribution is -2.36. The minimum Gasteiger partial charge on any atom is -0.507 e. The van der Waals surface area contributed by atoms with E-state index in [1.54, 1.807) is 55.6 Å². The van der Waals surface area contributed by atoms with Crippen LogP contribution in [-0.2, 0) is 14.3 Å². The molecule has 2 unspecified atom stereocenters. The molecular formula is C24H25NO6. The van der Waals surface area contributed by atoms with Gasteiger partial charge in [-0.3, -0.25) is 9.59 Å². The van der Waals surface area contributed by atoms with Gasteiger partial charge in [-0.25, -0.2) is 0 Å². The Morgan fingerprint density at radius 3 is 2.48 bits per heavy atom. The number of ether oxygens (including phenoxy) is 3. The Morgan fingerprint density at radius 1 is 1.10 bits per heavy atom. The topological polar surface area (TPSA) is 85.3 Å². The van der Waals surface area contributed by atoms with E-state index in [1.165, 1.54) is 12.0 Å². The van der Waals surface area contributed by atoms with Crippen LogP contribution in [0, 0.1) is 0 Å². The summed E-state index contributed by atoms with van der Waals surface area (Å²) in [5.74, 6) is -0.551. The number of likely N-dealkylation sites (tertiary alicyclic amines) is 1. The molecule has 0 radical (unpaired) electrons. The molecule has 2 fully saturated rings. The number of carbonyl (C=O) groups is 2. The number of benzene rings is 2. The number of nitrogens with zero attached hydrogens (tertiary/aromatic N) is 1. The predicted molar refractivity (Wildman–Crippen MR) is 114 cm³/mol. The molecular weight excluding hydrogens is 398 g/mol. The van der Waals surface area contributed by atoms with E-state index in [4.69, 9.17) is 14.2 Å². The first-order chi connectivity index (χ1) is 15.0. The SMILES string of the molecule is COc1ccc(C2/C(=C(/O)c3ccccc3OC)C(=O)C(=O)N2CC2CCCO2)cc1. The minimum atomic E-state index is -0.736. The Balaban J connectivity index is 1.84. The molecule has 7 heteroatoms. The summed E-state index contributed by atoms with van der Waals surface area (Å²) in [5, 5.41) is 11.2. The molecule has 7 nitrogen and oxygen atoms in total. The molecule has 2 heterocycles. The summed E-state index contributed by atoms with van der Waals surface area (Å²) < 4.78 is 16.3. The molecule has 0 bridgehead atoms. The van der Waals surface area contributed by atoms with Crippen molar-refractivity contribution in [2.24, 2.45) is 0 Å². The highest BCUT2D eigenvalue weighted by molar-refractivity contribution is 6.46. The Morgan fingerprint density at radius 2 is 1.84 bits per heavy atom. The summed E-state index contributed by atoms with van der Waals surface area (Å²) in [7, 11) is 3.06. The van der Waals surface area contributed by atoms with Crippen LogP contribution < -0.4 is 9.47 Å². The maximum absolute atomic E-state index is 13.1. The van der Waals surface area contributed by atoms with Crippen molar-refractivity contribution in [3.8, 4) is 11.5 Å². The van der Waals surface area contributed by atoms with Gasteiger partial charge in [0.2, 0.25) is 0 Å². The molecule has 162 valence electrons. The third kappa shape index (κ3) is 3.88. The maximum atomic E-state index is 13.1. The standard InChI is InChI=1S/C24H25NO6/c1-29-16-11-9-15(10-12-16)21-20(22(26)18-7-3-4-8-19(18)30-2)23(27)24(28)25(21)14-17-6-5-13-31-17/h3-4,7-12,17,21,26H,5-6,13-14H2,1-2H3/b22-20-. The second-order valence-electron chi connectivity index (χ2n) is 7.56. The van der Waals surface area contributed by atoms with Crippen LogP contribution in [0.5, 0.6) is 11.5 Å². The van der Waals surface area contributed by atoms with Gasteiger partial charge >= 0.3 is 0 Å². The quantitative estimate of drug-likeness (QED) is 0.436. The van der Waals surface area contributed by atoms with Gasteiger partial charge in [0.1, 0.15) is 17.3 Å². The number of aliphatic hydroxyl groups excluding tert-OH is 1. The van der Waals surface area contributed by atoms with Gasteiger partial charge in [0.05, 0.1) is 37.5 Å². The first kappa shape index (κ1) is 20.9. The van der Waals surface area contributed by atoms with E-state index in [0.717, 1.165) is 12.8 Å². The van der Waals surface area contributed by atoms with E-state index in [-0.39, 0.29) is 24.0 Å². The number of para-hydroxylation sites is 1. The minimum absolute atomic E-state index is 0.0395. The molecule has 1 amide bonds. The van der Waals surface area contributed by atoms with Crippen LogP contribution in [0.2, 0.25) is 0 Å². The number of carbonyl (C=O) groups excluding carboxylic acids is 2. The summed E-state index contributed by atoms with van der Waals surface area (Å²) >= 11 is 0. The highest BCUT2D eigenvalue weighted by Crippen LogP contribution is 2.41. The van der Waals surface area contributed by atoms with Crippen LogP contribution in [0.1, 0.15) is 30.0 Å². The lowest BCUT2D eigenvalue weighted by Gasteiger charge is -2.27. The molecule has 2 aliphatic rings. The van der Waals surface area contributed by atoms with E-state index in [1.807, 2.05) is 0 Å². The van der Waals surface area contributed by atoms with Crippen molar-refractivity contribution in [3.05, 3.63) is 65.2 Å². The van der Waals surface area contributed by atoms with Gasteiger partial charge in [-0.2, -0.15) is 0 Å². The van der Waals surface area contributed by atoms with Crippen LogP contribution in [0.3, 0.4) is 0 Å². The lowest BCUT2D eigenvalue weighted by atomic mass is 9.95. The third-order valence-corrected chi connectivity index (χ3v) is 5.76. The first-order valence-electron chi connectivity index (χ1n) is 10.2. The fraction of sp³-hybridized carbons (Fsp3) is 0.333. The average Bonchev–Trinajstić information content (AvgIpc) is 3.41. The molecule has 1 N–H and O–H groups in total. The normalized spacial score (nSPS) is 22.7. The molecule has 0 spiro atoms. The van der Waals surface area contributed by atoms with E-state index < -0.39 is 17.7 Å². The number of aliphatic hydroxyl groups is 1. The van der Waals surface area contributed by atoms with Crippen LogP contribution in [0.4, 0.5) is 0 Å². The molecule has 31 heavy (non-hydrogen) atoms. The molecule has 2 aliphatic heterocycles. The summed E-state index contributed by atoms with van der Waals surface area (Å²) in [4.78, 5) is 27.6. The van der Waals surface area contributed by atoms with Gasteiger partial charge in [0.15, 0.2) is 0 Å². The Labute approximate surface area is 180 Å². The van der Waals surface area contributed by atoms with Crippen molar-refractivity contribution in [1.29, 1.82) is 0 Å². The summed E-state index contributed by atoms with van der Waals surface area (Å²) in [5.41, 5.74) is 1.10. The zero-order valence-electron chi connectivity index (χ0n) is 17.5. The van der Waals surface area contributed by atoms with Crippen LogP contribution in [0.25, 0.3) is 5.76 Å². The van der Waals surface area contributed by atoms with E-state index >= 15 is 0 Å². The van der Waals surface area contributed by atoms with Crippen molar-refractivity contribution >= 4 is 17.4 Å². The Bertz CT molecular complexity index is 1010. The molecule has 0 aliphatic carbocycles. The van der Waals surface area contributed by atoms with Gasteiger partial charge in [0.25, 0.3) is 11.7 Å². The highest BCUT2D eigenvalue weighted by Gasteiger charge is 2.47. The number of methoxy groups -OCH3 is 2. The van der Waals surface area contributed by atoms with Crippen LogP contribution in [-0.4, -0.2) is 55.2 Å². The van der Waals surface area contributed by atoms with Crippen molar-refractivity contribution in [2.45, 2.75) is 25.0 Å². The zero-order chi connectivity index (χ0) is 22.0. The van der Waals surface area contributed by atoms with E-state index in [2.05, 4.69) is 0 Å². The monoisotopic (exact) mass is 423 g/mol. The fourth-order valence-electron chi connectivity index (χ4n) is 4.19. The summed E-state index contributed by atoms with van der Waals surface area (Å²) in [6, 6.07) is 13.3. The zero-order valence-corrected chi connectivity index (χ0v) is 17.5. The molecule has 2 saturated heterocycles. The lowest BCUT2D eigenvalue weighted by molar-refractivity contribution is -0.140. The molecule has 2 aromatic carbocycles. The van der Waals surface area contributed by atoms with Gasteiger partial charge < -0.3 is 24.2 Å². The molecule has 0 saturated carbocycles. The Hall–Kier alpha value is -3.32. The van der Waals surface area contributed by atoms with Gasteiger partial charge in [-0.1, -0.05) is 24.3 Å². The van der Waals surface area contributed by atoms with Crippen molar-refractivity contribution in [3.63, 3.8) is 0 Å². The van der Waals surface area contributed by atoms with Gasteiger partial charge in [0, 0.05) is 13.2 Å². The van der Waals surface area contributed by atoms with Gasteiger partial charge in [-0.05, 0) is 42.7 Å². The maximum Gasteiger partial charge on any atom is 0.295 e. The number of amides is 1. The fourth-order valence-corrected chi connectivity index (χ4v) is 4.19. The number of rotatable bonds is 6. The number of hydrogen-bond donors (Lipinski definition) is 1. The number of Topliss-reactive ketones (excluding diaryl/α,β-unsaturated/α-hetero) is 1. The van der Waals surface area contributed by atoms with E-state index in [0.29, 0.717) is 29.2 Å². The van der Waals surface area contributed by atoms with Crippen molar-refractivity contribution < 1.29 is 28.9 Å². The number of hydrogen-bond acceptors (Lipinski definition) is 6. The third-order valence-electron chi connectivity index (χ3n) is 5.76. The first-order valence-corrected chi connectivity index (χ1v) is 10.2. The molecule has 2 aromatic rings. The van der Waals surface area contributed by atoms with Crippen LogP contribution >= 0.6 is 0 Å². The second-order valence-corrected chi connectivity index (χ2v) is 7.56. The largest absolute Gasteiger partial charge is 0.507 e. The molecule has 2 atom stereocenters. The average molecular weight is 423 g/mol.